The highest BCUT2D eigenvalue weighted by atomic mass is 79.9. The third-order valence-electron chi connectivity index (χ3n) is 2.10. The number of carbonyl (C=O) groups is 2. The van der Waals surface area contributed by atoms with E-state index in [2.05, 4.69) is 28.6 Å². The first-order chi connectivity index (χ1) is 8.95. The monoisotopic (exact) mass is 383 g/mol. The van der Waals surface area contributed by atoms with Crippen LogP contribution in [0.15, 0.2) is 22.7 Å². The molecule has 0 unspecified atom stereocenters. The summed E-state index contributed by atoms with van der Waals surface area (Å²) in [5, 5.41) is 8.31. The van der Waals surface area contributed by atoms with Crippen LogP contribution in [0.1, 0.15) is 0 Å². The van der Waals surface area contributed by atoms with Gasteiger partial charge in [0.1, 0.15) is 0 Å². The van der Waals surface area contributed by atoms with Crippen molar-refractivity contribution in [3.05, 3.63) is 27.7 Å². The maximum Gasteiger partial charge on any atom is 0.313 e. The summed E-state index contributed by atoms with van der Waals surface area (Å²) < 4.78 is 0.821. The number of benzene rings is 1. The van der Waals surface area contributed by atoms with Gasteiger partial charge in [0.05, 0.1) is 22.4 Å². The number of carboxylic acids is 1. The fourth-order valence-corrected chi connectivity index (χ4v) is 2.63. The molecule has 1 N–H and O–H groups in total. The lowest BCUT2D eigenvalue weighted by atomic mass is 10.3. The second kappa shape index (κ2) is 8.04. The van der Waals surface area contributed by atoms with Crippen LogP contribution in [0.2, 0.25) is 5.02 Å². The van der Waals surface area contributed by atoms with Crippen LogP contribution in [0.5, 0.6) is 0 Å². The molecule has 1 aromatic rings. The highest BCUT2D eigenvalue weighted by molar-refractivity contribution is 9.10. The Morgan fingerprint density at radius 2 is 2.21 bits per heavy atom. The number of hydrogen-bond acceptors (Lipinski definition) is 4. The number of nitrogens with zero attached hydrogens (tertiary/aromatic N) is 1. The van der Waals surface area contributed by atoms with Crippen LogP contribution >= 0.6 is 51.9 Å². The number of carboxylic acid groups (broad SMARTS) is 1. The smallest absolute Gasteiger partial charge is 0.313 e. The Labute approximate surface area is 134 Å². The van der Waals surface area contributed by atoms with Crippen molar-refractivity contribution in [1.82, 2.24) is 0 Å². The zero-order valence-electron chi connectivity index (χ0n) is 9.68. The van der Waals surface area contributed by atoms with Crippen LogP contribution < -0.4 is 4.90 Å². The molecule has 1 amide bonds. The highest BCUT2D eigenvalue weighted by Crippen LogP contribution is 2.30. The summed E-state index contributed by atoms with van der Waals surface area (Å²) in [7, 11) is 0. The third kappa shape index (κ3) is 5.25. The predicted octanol–water partition coefficient (Wildman–Crippen LogP) is 3.14. The van der Waals surface area contributed by atoms with E-state index in [4.69, 9.17) is 16.7 Å². The third-order valence-corrected chi connectivity index (χ3v) is 4.47. The molecule has 1 saturated heterocycles. The maximum absolute atomic E-state index is 11.4. The first-order valence-electron chi connectivity index (χ1n) is 5.11. The molecule has 104 valence electrons. The Hall–Kier alpha value is -0.370. The lowest BCUT2D eigenvalue weighted by Crippen LogP contribution is -2.24. The van der Waals surface area contributed by atoms with Crippen molar-refractivity contribution in [3.8, 4) is 0 Å². The van der Waals surface area contributed by atoms with Crippen molar-refractivity contribution in [2.45, 2.75) is 0 Å². The molecule has 0 saturated carbocycles. The van der Waals surface area contributed by atoms with Gasteiger partial charge in [-0.2, -0.15) is 12.6 Å². The van der Waals surface area contributed by atoms with E-state index < -0.39 is 5.97 Å². The molecule has 8 heteroatoms. The van der Waals surface area contributed by atoms with Gasteiger partial charge >= 0.3 is 5.97 Å². The number of halogens is 2. The summed E-state index contributed by atoms with van der Waals surface area (Å²) in [6, 6.07) is 5.51. The molecule has 1 aliphatic rings. The molecule has 1 fully saturated rings. The number of aliphatic carboxylic acids is 1. The molecule has 0 radical (unpaired) electrons. The summed E-state index contributed by atoms with van der Waals surface area (Å²) in [6.45, 7) is 0. The highest BCUT2D eigenvalue weighted by Gasteiger charge is 2.22. The lowest BCUT2D eigenvalue weighted by Gasteiger charge is -2.15. The van der Waals surface area contributed by atoms with Crippen LogP contribution in [-0.2, 0) is 9.59 Å². The predicted molar refractivity (Wildman–Crippen MR) is 85.5 cm³/mol. The molecule has 19 heavy (non-hydrogen) atoms. The molecule has 2 rings (SSSR count). The molecule has 0 atom stereocenters. The van der Waals surface area contributed by atoms with Gasteiger partial charge in [-0.1, -0.05) is 11.6 Å². The van der Waals surface area contributed by atoms with Crippen molar-refractivity contribution in [1.29, 1.82) is 0 Å². The quantitative estimate of drug-likeness (QED) is 0.769. The Bertz CT molecular complexity index is 487. The van der Waals surface area contributed by atoms with Crippen molar-refractivity contribution >= 4 is 69.5 Å². The molecule has 1 heterocycles. The maximum atomic E-state index is 11.4. The van der Waals surface area contributed by atoms with E-state index in [0.29, 0.717) is 10.8 Å². The van der Waals surface area contributed by atoms with Gasteiger partial charge in [0.15, 0.2) is 0 Å². The average molecular weight is 385 g/mol. The van der Waals surface area contributed by atoms with E-state index in [1.165, 1.54) is 0 Å². The molecule has 4 nitrogen and oxygen atoms in total. The van der Waals surface area contributed by atoms with Crippen LogP contribution in [0.25, 0.3) is 0 Å². The number of hydrogen-bond donors (Lipinski definition) is 2. The first kappa shape index (κ1) is 16.7. The van der Waals surface area contributed by atoms with E-state index >= 15 is 0 Å². The molecular weight excluding hydrogens is 374 g/mol. The zero-order chi connectivity index (χ0) is 14.4. The number of anilines is 1. The van der Waals surface area contributed by atoms with Crippen LogP contribution in [0, 0.1) is 0 Å². The van der Waals surface area contributed by atoms with E-state index in [1.54, 1.807) is 22.7 Å². The van der Waals surface area contributed by atoms with Gasteiger partial charge in [0.25, 0.3) is 0 Å². The second-order valence-corrected chi connectivity index (χ2v) is 5.98. The van der Waals surface area contributed by atoms with Crippen molar-refractivity contribution in [3.63, 3.8) is 0 Å². The van der Waals surface area contributed by atoms with Gasteiger partial charge in [-0.25, -0.2) is 0 Å². The number of amides is 1. The minimum atomic E-state index is -0.881. The summed E-state index contributed by atoms with van der Waals surface area (Å²) in [5.41, 5.74) is 0.899. The molecule has 1 aromatic carbocycles. The molecule has 0 bridgehead atoms. The minimum Gasteiger partial charge on any atom is -0.481 e. The van der Waals surface area contributed by atoms with Crippen LogP contribution in [0.4, 0.5) is 5.69 Å². The van der Waals surface area contributed by atoms with Gasteiger partial charge in [0.2, 0.25) is 5.91 Å². The largest absolute Gasteiger partial charge is 0.481 e. The molecule has 0 aromatic heterocycles. The topological polar surface area (TPSA) is 57.6 Å². The van der Waals surface area contributed by atoms with Gasteiger partial charge in [0, 0.05) is 10.2 Å². The van der Waals surface area contributed by atoms with Crippen LogP contribution in [0.3, 0.4) is 0 Å². The van der Waals surface area contributed by atoms with Crippen molar-refractivity contribution < 1.29 is 14.7 Å². The normalized spacial score (nSPS) is 14.1. The fourth-order valence-electron chi connectivity index (χ4n) is 1.25. The Morgan fingerprint density at radius 1 is 1.58 bits per heavy atom. The van der Waals surface area contributed by atoms with Crippen molar-refractivity contribution in [2.24, 2.45) is 0 Å². The zero-order valence-corrected chi connectivity index (χ0v) is 13.7. The van der Waals surface area contributed by atoms with E-state index in [1.807, 2.05) is 12.1 Å². The van der Waals surface area contributed by atoms with Gasteiger partial charge < -0.3 is 10.0 Å². The van der Waals surface area contributed by atoms with Gasteiger partial charge in [-0.15, -0.1) is 11.8 Å². The van der Waals surface area contributed by atoms with E-state index in [9.17, 15) is 9.59 Å². The summed E-state index contributed by atoms with van der Waals surface area (Å²) in [4.78, 5) is 22.5. The summed E-state index contributed by atoms with van der Waals surface area (Å²) in [6.07, 6.45) is 0. The van der Waals surface area contributed by atoms with E-state index in [-0.39, 0.29) is 11.7 Å². The summed E-state index contributed by atoms with van der Waals surface area (Å²) in [5.74, 6) is 0.491. The molecule has 0 spiro atoms. The standard InChI is InChI=1S/C9H7BrClNOS.C2H4O2S/c10-7-3-6(1-2-8(7)11)12-5-14-4-9(12)13;3-2(4)1-5/h1-3H,4-5H2;5H,1H2,(H,3,4). The lowest BCUT2D eigenvalue weighted by molar-refractivity contribution is -0.133. The van der Waals surface area contributed by atoms with Gasteiger partial charge in [-0.3, -0.25) is 9.59 Å². The Balaban J connectivity index is 0.000000312. The minimum absolute atomic E-state index is 0.0833. The van der Waals surface area contributed by atoms with Gasteiger partial charge in [-0.05, 0) is 34.1 Å². The molecular formula is C11H11BrClNO3S2. The van der Waals surface area contributed by atoms with E-state index in [0.717, 1.165) is 16.0 Å². The first-order valence-corrected chi connectivity index (χ1v) is 8.07. The SMILES string of the molecule is O=C(O)CS.O=C1CSCN1c1ccc(Cl)c(Br)c1. The Kier molecular flexibility index (Phi) is 7.06. The van der Waals surface area contributed by atoms with Crippen molar-refractivity contribution in [2.75, 3.05) is 22.3 Å². The number of thioether (sulfide) groups is 1. The second-order valence-electron chi connectivity index (χ2n) is 3.45. The van der Waals surface area contributed by atoms with Crippen LogP contribution in [-0.4, -0.2) is 34.4 Å². The molecule has 1 aliphatic heterocycles. The summed E-state index contributed by atoms with van der Waals surface area (Å²) >= 11 is 14.2. The molecule has 0 aliphatic carbocycles. The average Bonchev–Trinajstić information content (AvgIpc) is 2.80. The number of thiol groups is 1. The number of rotatable bonds is 2. The Morgan fingerprint density at radius 3 is 2.63 bits per heavy atom. The fraction of sp³-hybridized carbons (Fsp3) is 0.273. The number of carbonyl (C=O) groups excluding carboxylic acids is 1.